The van der Waals surface area contributed by atoms with Gasteiger partial charge in [0.05, 0.1) is 16.0 Å². The van der Waals surface area contributed by atoms with Gasteiger partial charge in [0.2, 0.25) is 15.8 Å². The second kappa shape index (κ2) is 9.41. The Labute approximate surface area is 183 Å². The number of carbonyl (C=O) groups is 1. The Morgan fingerprint density at radius 1 is 1.23 bits per heavy atom. The number of phenolic OH excluding ortho intramolecular Hbond substituents is 1. The number of phenols is 1. The molecule has 1 aliphatic rings. The summed E-state index contributed by atoms with van der Waals surface area (Å²) in [4.78, 5) is 22.5. The van der Waals surface area contributed by atoms with Gasteiger partial charge in [-0.25, -0.2) is 13.8 Å². The Balaban J connectivity index is 1.76. The van der Waals surface area contributed by atoms with Crippen LogP contribution in [-0.2, 0) is 10.0 Å². The number of carbonyl (C=O) groups excluding carboxylic acids is 1. The average Bonchev–Trinajstić information content (AvgIpc) is 2.76. The molecule has 12 heteroatoms. The van der Waals surface area contributed by atoms with E-state index >= 15 is 0 Å². The molecule has 0 bridgehead atoms. The highest BCUT2D eigenvalue weighted by Gasteiger charge is 2.26. The van der Waals surface area contributed by atoms with Crippen molar-refractivity contribution in [2.24, 2.45) is 5.10 Å². The third-order valence-electron chi connectivity index (χ3n) is 4.70. The zero-order valence-electron chi connectivity index (χ0n) is 16.2. The number of hydrazone groups is 1. The fraction of sp³-hybridized carbons (Fsp3) is 0.263. The first kappa shape index (κ1) is 22.7. The maximum atomic E-state index is 12.8. The number of nitro benzene ring substituents is 1. The fourth-order valence-electron chi connectivity index (χ4n) is 3.12. The maximum absolute atomic E-state index is 12.8. The predicted octanol–water partition coefficient (Wildman–Crippen LogP) is 2.89. The van der Waals surface area contributed by atoms with Gasteiger partial charge in [-0.05, 0) is 37.1 Å². The lowest BCUT2D eigenvalue weighted by molar-refractivity contribution is -0.385. The van der Waals surface area contributed by atoms with Gasteiger partial charge in [0.1, 0.15) is 0 Å². The van der Waals surface area contributed by atoms with Crippen molar-refractivity contribution in [3.8, 4) is 5.75 Å². The molecule has 164 valence electrons. The molecule has 1 heterocycles. The van der Waals surface area contributed by atoms with E-state index in [9.17, 15) is 28.4 Å². The molecule has 1 aliphatic heterocycles. The van der Waals surface area contributed by atoms with Crippen LogP contribution in [0.25, 0.3) is 0 Å². The van der Waals surface area contributed by atoms with E-state index < -0.39 is 32.3 Å². The lowest BCUT2D eigenvalue weighted by Crippen LogP contribution is -2.35. The number of piperidine rings is 1. The van der Waals surface area contributed by atoms with E-state index in [1.165, 1.54) is 34.6 Å². The van der Waals surface area contributed by atoms with Gasteiger partial charge in [-0.2, -0.15) is 9.41 Å². The molecular weight excluding hydrogens is 448 g/mol. The molecule has 0 aliphatic carbocycles. The van der Waals surface area contributed by atoms with Crippen molar-refractivity contribution in [1.29, 1.82) is 0 Å². The van der Waals surface area contributed by atoms with Gasteiger partial charge in [-0.3, -0.25) is 14.9 Å². The van der Waals surface area contributed by atoms with Gasteiger partial charge in [0.25, 0.3) is 5.91 Å². The number of hydrogen-bond acceptors (Lipinski definition) is 7. The van der Waals surface area contributed by atoms with Crippen LogP contribution in [0.3, 0.4) is 0 Å². The van der Waals surface area contributed by atoms with Crippen molar-refractivity contribution in [1.82, 2.24) is 9.73 Å². The lowest BCUT2D eigenvalue weighted by atomic mass is 10.2. The molecule has 31 heavy (non-hydrogen) atoms. The zero-order valence-corrected chi connectivity index (χ0v) is 17.8. The second-order valence-corrected chi connectivity index (χ2v) is 9.19. The normalized spacial score (nSPS) is 15.1. The van der Waals surface area contributed by atoms with Crippen LogP contribution in [-0.4, -0.2) is 48.0 Å². The minimum absolute atomic E-state index is 0.00731. The maximum Gasteiger partial charge on any atom is 0.312 e. The average molecular weight is 467 g/mol. The molecule has 10 nitrogen and oxygen atoms in total. The van der Waals surface area contributed by atoms with E-state index in [1.807, 2.05) is 0 Å². The van der Waals surface area contributed by atoms with Gasteiger partial charge in [-0.1, -0.05) is 24.1 Å². The third kappa shape index (κ3) is 5.19. The summed E-state index contributed by atoms with van der Waals surface area (Å²) < 4.78 is 27.0. The van der Waals surface area contributed by atoms with E-state index in [4.69, 9.17) is 11.6 Å². The number of sulfonamides is 1. The highest BCUT2D eigenvalue weighted by Crippen LogP contribution is 2.32. The number of hydrogen-bond donors (Lipinski definition) is 2. The molecule has 3 rings (SSSR count). The van der Waals surface area contributed by atoms with Crippen molar-refractivity contribution >= 4 is 39.4 Å². The zero-order chi connectivity index (χ0) is 22.6. The molecule has 1 amide bonds. The summed E-state index contributed by atoms with van der Waals surface area (Å²) in [5.41, 5.74) is 1.60. The molecule has 2 aromatic rings. The molecule has 2 aromatic carbocycles. The Morgan fingerprint density at radius 2 is 1.94 bits per heavy atom. The summed E-state index contributed by atoms with van der Waals surface area (Å²) in [6.45, 7) is 0.886. The largest absolute Gasteiger partial charge is 0.502 e. The first-order valence-electron chi connectivity index (χ1n) is 9.30. The van der Waals surface area contributed by atoms with E-state index in [-0.39, 0.29) is 21.0 Å². The van der Waals surface area contributed by atoms with Crippen LogP contribution >= 0.6 is 11.6 Å². The summed E-state index contributed by atoms with van der Waals surface area (Å²) in [5, 5.41) is 24.6. The molecule has 0 unspecified atom stereocenters. The molecule has 1 fully saturated rings. The second-order valence-electron chi connectivity index (χ2n) is 6.81. The number of halogens is 1. The van der Waals surface area contributed by atoms with Gasteiger partial charge < -0.3 is 5.11 Å². The van der Waals surface area contributed by atoms with Crippen molar-refractivity contribution in [2.75, 3.05) is 13.1 Å². The highest BCUT2D eigenvalue weighted by atomic mass is 35.5. The summed E-state index contributed by atoms with van der Waals surface area (Å²) in [7, 11) is -3.70. The standard InChI is InChI=1S/C19H19ClN4O6S/c20-15-9-14(18(25)17(11-15)24(27)28)12-21-22-19(26)13-5-4-6-16(10-13)31(29,30)23-7-2-1-3-8-23/h4-6,9-12,25H,1-3,7-8H2,(H,22,26). The first-order valence-corrected chi connectivity index (χ1v) is 11.1. The molecule has 0 radical (unpaired) electrons. The summed E-state index contributed by atoms with van der Waals surface area (Å²) >= 11 is 5.80. The fourth-order valence-corrected chi connectivity index (χ4v) is 4.90. The minimum atomic E-state index is -3.70. The van der Waals surface area contributed by atoms with Crippen LogP contribution in [0, 0.1) is 10.1 Å². The van der Waals surface area contributed by atoms with Crippen molar-refractivity contribution in [2.45, 2.75) is 24.2 Å². The van der Waals surface area contributed by atoms with Crippen molar-refractivity contribution in [3.63, 3.8) is 0 Å². The van der Waals surface area contributed by atoms with Gasteiger partial charge in [0.15, 0.2) is 0 Å². The minimum Gasteiger partial charge on any atom is -0.502 e. The topological polar surface area (TPSA) is 142 Å². The number of nitro groups is 1. The Kier molecular flexibility index (Phi) is 6.88. The molecular formula is C19H19ClN4O6S. The van der Waals surface area contributed by atoms with Gasteiger partial charge in [0, 0.05) is 35.3 Å². The van der Waals surface area contributed by atoms with Crippen molar-refractivity contribution in [3.05, 3.63) is 62.7 Å². The molecule has 0 saturated carbocycles. The summed E-state index contributed by atoms with van der Waals surface area (Å²) in [6.07, 6.45) is 3.57. The molecule has 2 N–H and O–H groups in total. The number of amides is 1. The van der Waals surface area contributed by atoms with Crippen LogP contribution in [0.4, 0.5) is 5.69 Å². The van der Waals surface area contributed by atoms with Crippen LogP contribution < -0.4 is 5.43 Å². The Hall–Kier alpha value is -3.02. The van der Waals surface area contributed by atoms with Crippen LogP contribution in [0.1, 0.15) is 35.2 Å². The summed E-state index contributed by atoms with van der Waals surface area (Å²) in [6, 6.07) is 7.81. The highest BCUT2D eigenvalue weighted by molar-refractivity contribution is 7.89. The van der Waals surface area contributed by atoms with E-state index in [1.54, 1.807) is 0 Å². The van der Waals surface area contributed by atoms with E-state index in [2.05, 4.69) is 10.5 Å². The molecule has 1 saturated heterocycles. The van der Waals surface area contributed by atoms with E-state index in [0.717, 1.165) is 31.5 Å². The van der Waals surface area contributed by atoms with Gasteiger partial charge >= 0.3 is 5.69 Å². The Morgan fingerprint density at radius 3 is 2.61 bits per heavy atom. The van der Waals surface area contributed by atoms with Crippen molar-refractivity contribution < 1.29 is 23.2 Å². The monoisotopic (exact) mass is 466 g/mol. The number of rotatable bonds is 6. The first-order chi connectivity index (χ1) is 14.7. The number of benzene rings is 2. The number of nitrogens with one attached hydrogen (secondary N) is 1. The third-order valence-corrected chi connectivity index (χ3v) is 6.81. The van der Waals surface area contributed by atoms with Crippen LogP contribution in [0.5, 0.6) is 5.75 Å². The van der Waals surface area contributed by atoms with Crippen LogP contribution in [0.15, 0.2) is 46.4 Å². The summed E-state index contributed by atoms with van der Waals surface area (Å²) in [5.74, 6) is -1.34. The lowest BCUT2D eigenvalue weighted by Gasteiger charge is -2.25. The molecule has 0 atom stereocenters. The SMILES string of the molecule is O=C(NN=Cc1cc(Cl)cc([N+](=O)[O-])c1O)c1cccc(S(=O)(=O)N2CCCCC2)c1. The Bertz CT molecular complexity index is 1150. The number of nitrogens with zero attached hydrogens (tertiary/aromatic N) is 3. The number of aromatic hydroxyl groups is 1. The molecule has 0 aromatic heterocycles. The van der Waals surface area contributed by atoms with E-state index in [0.29, 0.717) is 13.1 Å². The quantitative estimate of drug-likeness (QED) is 0.380. The molecule has 0 spiro atoms. The predicted molar refractivity (Wildman–Crippen MR) is 114 cm³/mol. The van der Waals surface area contributed by atoms with Crippen LogP contribution in [0.2, 0.25) is 5.02 Å². The smallest absolute Gasteiger partial charge is 0.312 e. The van der Waals surface area contributed by atoms with Gasteiger partial charge in [-0.15, -0.1) is 0 Å².